The molecule has 2 rings (SSSR count). The van der Waals surface area contributed by atoms with Gasteiger partial charge in [-0.05, 0) is 17.2 Å². The van der Waals surface area contributed by atoms with Crippen LogP contribution in [0.15, 0.2) is 18.2 Å². The van der Waals surface area contributed by atoms with E-state index in [1.807, 2.05) is 0 Å². The van der Waals surface area contributed by atoms with Crippen LogP contribution in [0.1, 0.15) is 17.2 Å². The zero-order chi connectivity index (χ0) is 10.1. The van der Waals surface area contributed by atoms with Crippen molar-refractivity contribution in [2.24, 2.45) is 5.73 Å². The highest BCUT2D eigenvalue weighted by atomic mass is 35.5. The summed E-state index contributed by atoms with van der Waals surface area (Å²) in [6.45, 7) is 0.628. The minimum atomic E-state index is -2.52. The van der Waals surface area contributed by atoms with E-state index in [2.05, 4.69) is 0 Å². The molecule has 0 saturated heterocycles. The van der Waals surface area contributed by atoms with E-state index in [-0.39, 0.29) is 12.4 Å². The number of alkyl halides is 2. The number of hydrogen-bond donors (Lipinski definition) is 1. The zero-order valence-corrected chi connectivity index (χ0v) is 8.77. The predicted octanol–water partition coefficient (Wildman–Crippen LogP) is 2.31. The van der Waals surface area contributed by atoms with Gasteiger partial charge < -0.3 is 10.5 Å². The van der Waals surface area contributed by atoms with Gasteiger partial charge in [0.1, 0.15) is 5.75 Å². The number of hydrogen-bond acceptors (Lipinski definition) is 2. The van der Waals surface area contributed by atoms with Crippen LogP contribution in [0.3, 0.4) is 0 Å². The fourth-order valence-corrected chi connectivity index (χ4v) is 1.56. The number of benzene rings is 1. The number of rotatable bonds is 2. The van der Waals surface area contributed by atoms with E-state index < -0.39 is 12.5 Å². The van der Waals surface area contributed by atoms with Gasteiger partial charge in [0.15, 0.2) is 0 Å². The van der Waals surface area contributed by atoms with E-state index in [4.69, 9.17) is 10.5 Å². The Morgan fingerprint density at radius 1 is 1.33 bits per heavy atom. The Balaban J connectivity index is 0.00000112. The molecule has 15 heavy (non-hydrogen) atoms. The molecule has 0 fully saturated rings. The number of halogens is 3. The van der Waals surface area contributed by atoms with Gasteiger partial charge in [0.2, 0.25) is 0 Å². The summed E-state index contributed by atoms with van der Waals surface area (Å²) in [4.78, 5) is 0. The molecule has 0 bridgehead atoms. The molecular formula is C10H12ClF2NO. The predicted molar refractivity (Wildman–Crippen MR) is 55.8 cm³/mol. The SMILES string of the molecule is Cl.N[C@@H](c1ccc2c(c1)CCO2)C(F)F. The van der Waals surface area contributed by atoms with Crippen LogP contribution in [0, 0.1) is 0 Å². The summed E-state index contributed by atoms with van der Waals surface area (Å²) >= 11 is 0. The van der Waals surface area contributed by atoms with Gasteiger partial charge in [0.05, 0.1) is 12.6 Å². The molecule has 0 unspecified atom stereocenters. The van der Waals surface area contributed by atoms with E-state index in [0.29, 0.717) is 12.2 Å². The molecule has 1 aromatic rings. The minimum Gasteiger partial charge on any atom is -0.493 e. The summed E-state index contributed by atoms with van der Waals surface area (Å²) < 4.78 is 29.9. The molecule has 0 aromatic heterocycles. The van der Waals surface area contributed by atoms with Gasteiger partial charge >= 0.3 is 0 Å². The Hall–Kier alpha value is -0.870. The van der Waals surface area contributed by atoms with E-state index in [1.165, 1.54) is 0 Å². The molecule has 1 atom stereocenters. The van der Waals surface area contributed by atoms with Gasteiger partial charge in [-0.25, -0.2) is 8.78 Å². The van der Waals surface area contributed by atoms with Crippen LogP contribution in [0.4, 0.5) is 8.78 Å². The van der Waals surface area contributed by atoms with Crippen LogP contribution in [0.5, 0.6) is 5.75 Å². The van der Waals surface area contributed by atoms with E-state index >= 15 is 0 Å². The van der Waals surface area contributed by atoms with Crippen LogP contribution in [-0.2, 0) is 6.42 Å². The molecule has 1 aromatic carbocycles. The molecule has 0 amide bonds. The van der Waals surface area contributed by atoms with Crippen molar-refractivity contribution in [3.63, 3.8) is 0 Å². The highest BCUT2D eigenvalue weighted by Crippen LogP contribution is 2.29. The number of ether oxygens (including phenoxy) is 1. The van der Waals surface area contributed by atoms with Crippen LogP contribution in [0.25, 0.3) is 0 Å². The Labute approximate surface area is 92.8 Å². The maximum atomic E-state index is 12.3. The van der Waals surface area contributed by atoms with Crippen molar-refractivity contribution >= 4 is 12.4 Å². The third kappa shape index (κ3) is 2.38. The number of nitrogens with two attached hydrogens (primary N) is 1. The summed E-state index contributed by atoms with van der Waals surface area (Å²) in [6.07, 6.45) is -1.74. The summed E-state index contributed by atoms with van der Waals surface area (Å²) in [7, 11) is 0. The molecule has 1 heterocycles. The second-order valence-electron chi connectivity index (χ2n) is 3.33. The maximum Gasteiger partial charge on any atom is 0.257 e. The lowest BCUT2D eigenvalue weighted by molar-refractivity contribution is 0.116. The highest BCUT2D eigenvalue weighted by Gasteiger charge is 2.20. The van der Waals surface area contributed by atoms with Crippen molar-refractivity contribution < 1.29 is 13.5 Å². The van der Waals surface area contributed by atoms with Gasteiger partial charge in [-0.15, -0.1) is 12.4 Å². The fraction of sp³-hybridized carbons (Fsp3) is 0.400. The van der Waals surface area contributed by atoms with Crippen molar-refractivity contribution in [1.29, 1.82) is 0 Å². The van der Waals surface area contributed by atoms with Crippen LogP contribution >= 0.6 is 12.4 Å². The largest absolute Gasteiger partial charge is 0.493 e. The average molecular weight is 236 g/mol. The average Bonchev–Trinajstić information content (AvgIpc) is 2.62. The first-order valence-corrected chi connectivity index (χ1v) is 4.48. The maximum absolute atomic E-state index is 12.3. The second-order valence-corrected chi connectivity index (χ2v) is 3.33. The van der Waals surface area contributed by atoms with Crippen molar-refractivity contribution in [1.82, 2.24) is 0 Å². The van der Waals surface area contributed by atoms with E-state index in [1.54, 1.807) is 18.2 Å². The molecule has 84 valence electrons. The zero-order valence-electron chi connectivity index (χ0n) is 7.95. The van der Waals surface area contributed by atoms with Gasteiger partial charge in [-0.2, -0.15) is 0 Å². The summed E-state index contributed by atoms with van der Waals surface area (Å²) in [5, 5.41) is 0. The monoisotopic (exact) mass is 235 g/mol. The quantitative estimate of drug-likeness (QED) is 0.854. The van der Waals surface area contributed by atoms with Crippen molar-refractivity contribution in [3.8, 4) is 5.75 Å². The number of fused-ring (bicyclic) bond motifs is 1. The van der Waals surface area contributed by atoms with Crippen molar-refractivity contribution in [3.05, 3.63) is 29.3 Å². The lowest BCUT2D eigenvalue weighted by Crippen LogP contribution is -2.18. The Kier molecular flexibility index (Phi) is 3.88. The standard InChI is InChI=1S/C10H11F2NO.ClH/c11-10(12)9(13)7-1-2-8-6(5-7)3-4-14-8;/h1-2,5,9-10H,3-4,13H2;1H/t9-;/m0./s1. The summed E-state index contributed by atoms with van der Waals surface area (Å²) in [6, 6.07) is 3.82. The topological polar surface area (TPSA) is 35.2 Å². The first kappa shape index (κ1) is 12.2. The van der Waals surface area contributed by atoms with Gasteiger partial charge in [-0.1, -0.05) is 12.1 Å². The second kappa shape index (κ2) is 4.77. The van der Waals surface area contributed by atoms with Gasteiger partial charge in [0, 0.05) is 6.42 Å². The van der Waals surface area contributed by atoms with Crippen LogP contribution in [0.2, 0.25) is 0 Å². The third-order valence-electron chi connectivity index (χ3n) is 2.37. The molecule has 0 aliphatic carbocycles. The summed E-state index contributed by atoms with van der Waals surface area (Å²) in [5.41, 5.74) is 6.79. The molecule has 1 aliphatic heterocycles. The van der Waals surface area contributed by atoms with Crippen LogP contribution in [-0.4, -0.2) is 13.0 Å². The molecule has 2 nitrogen and oxygen atoms in total. The molecule has 5 heteroatoms. The van der Waals surface area contributed by atoms with E-state index in [0.717, 1.165) is 17.7 Å². The molecule has 0 radical (unpaired) electrons. The Bertz CT molecular complexity index is 346. The highest BCUT2D eigenvalue weighted by molar-refractivity contribution is 5.85. The van der Waals surface area contributed by atoms with Crippen molar-refractivity contribution in [2.75, 3.05) is 6.61 Å². The molecule has 1 aliphatic rings. The Morgan fingerprint density at radius 2 is 2.07 bits per heavy atom. The third-order valence-corrected chi connectivity index (χ3v) is 2.37. The molecule has 2 N–H and O–H groups in total. The van der Waals surface area contributed by atoms with Gasteiger partial charge in [-0.3, -0.25) is 0 Å². The Morgan fingerprint density at radius 3 is 2.73 bits per heavy atom. The first-order valence-electron chi connectivity index (χ1n) is 4.48. The lowest BCUT2D eigenvalue weighted by atomic mass is 10.0. The molecule has 0 saturated carbocycles. The molecule has 0 spiro atoms. The normalized spacial score (nSPS) is 15.5. The van der Waals surface area contributed by atoms with Gasteiger partial charge in [0.25, 0.3) is 6.43 Å². The minimum absolute atomic E-state index is 0. The smallest absolute Gasteiger partial charge is 0.257 e. The summed E-state index contributed by atoms with van der Waals surface area (Å²) in [5.74, 6) is 0.787. The fourth-order valence-electron chi connectivity index (χ4n) is 1.56. The van der Waals surface area contributed by atoms with E-state index in [9.17, 15) is 8.78 Å². The van der Waals surface area contributed by atoms with Crippen LogP contribution < -0.4 is 10.5 Å². The lowest BCUT2D eigenvalue weighted by Gasteiger charge is -2.11. The van der Waals surface area contributed by atoms with Crippen molar-refractivity contribution in [2.45, 2.75) is 18.9 Å². The first-order chi connectivity index (χ1) is 6.68. The molecular weight excluding hydrogens is 224 g/mol.